The molecule has 0 spiro atoms. The van der Waals surface area contributed by atoms with E-state index < -0.39 is 0 Å². The van der Waals surface area contributed by atoms with E-state index in [4.69, 9.17) is 0 Å². The summed E-state index contributed by atoms with van der Waals surface area (Å²) in [5.74, 6) is 0. The van der Waals surface area contributed by atoms with Gasteiger partial charge in [0.2, 0.25) is 0 Å². The zero-order valence-corrected chi connectivity index (χ0v) is 15.0. The zero-order valence-electron chi connectivity index (χ0n) is 14.2. The molecule has 1 N–H and O–H groups in total. The number of hydrogen-bond donors (Lipinski definition) is 1. The average molecular weight is 350 g/mol. The van der Waals surface area contributed by atoms with E-state index in [1.165, 1.54) is 15.9 Å². The molecule has 0 unspecified atom stereocenters. The lowest BCUT2D eigenvalue weighted by Crippen LogP contribution is -2.39. The second-order valence-electron chi connectivity index (χ2n) is 5.97. The van der Waals surface area contributed by atoms with Crippen molar-refractivity contribution in [3.05, 3.63) is 31.3 Å². The van der Waals surface area contributed by atoms with E-state index in [0.717, 1.165) is 21.7 Å². The van der Waals surface area contributed by atoms with Gasteiger partial charge in [0.1, 0.15) is 4.83 Å². The van der Waals surface area contributed by atoms with E-state index in [1.54, 1.807) is 9.47 Å². The van der Waals surface area contributed by atoms with E-state index in [2.05, 4.69) is 5.32 Å². The minimum Gasteiger partial charge on any atom is -0.336 e. The fraction of sp³-hybridized carbons (Fsp3) is 0.562. The Bertz CT molecular complexity index is 909. The molecule has 1 fully saturated rings. The number of amides is 2. The zero-order chi connectivity index (χ0) is 17.4. The van der Waals surface area contributed by atoms with Crippen LogP contribution < -0.4 is 16.6 Å². The summed E-state index contributed by atoms with van der Waals surface area (Å²) in [6, 6.07) is -0.0798. The number of urea groups is 1. The Balaban J connectivity index is 2.20. The van der Waals surface area contributed by atoms with Gasteiger partial charge in [0.25, 0.3) is 5.56 Å². The Hall–Kier alpha value is -2.09. The van der Waals surface area contributed by atoms with Crippen LogP contribution in [0.4, 0.5) is 4.79 Å². The van der Waals surface area contributed by atoms with E-state index in [1.807, 2.05) is 20.8 Å². The molecular weight excluding hydrogens is 328 g/mol. The first-order valence-electron chi connectivity index (χ1n) is 8.27. The van der Waals surface area contributed by atoms with Gasteiger partial charge in [0, 0.05) is 31.1 Å². The average Bonchev–Trinajstić information content (AvgIpc) is 3.09. The van der Waals surface area contributed by atoms with Crippen molar-refractivity contribution in [2.45, 2.75) is 46.8 Å². The molecular formula is C16H22N4O3S. The third kappa shape index (κ3) is 2.54. The van der Waals surface area contributed by atoms with Crippen molar-refractivity contribution in [3.63, 3.8) is 0 Å². The number of carbonyl (C=O) groups is 1. The van der Waals surface area contributed by atoms with Crippen LogP contribution in [0.1, 0.15) is 30.7 Å². The molecule has 0 radical (unpaired) electrons. The molecule has 0 aromatic carbocycles. The molecule has 2 aromatic rings. The van der Waals surface area contributed by atoms with Crippen molar-refractivity contribution in [2.75, 3.05) is 13.1 Å². The minimum absolute atomic E-state index is 0.0798. The Morgan fingerprint density at radius 2 is 1.92 bits per heavy atom. The Morgan fingerprint density at radius 1 is 1.17 bits per heavy atom. The fourth-order valence-electron chi connectivity index (χ4n) is 3.13. The van der Waals surface area contributed by atoms with Crippen LogP contribution in [0, 0.1) is 6.92 Å². The highest BCUT2D eigenvalue weighted by atomic mass is 32.1. The van der Waals surface area contributed by atoms with Crippen molar-refractivity contribution in [1.29, 1.82) is 0 Å². The number of nitrogens with zero attached hydrogens (tertiary/aromatic N) is 3. The second-order valence-corrected chi connectivity index (χ2v) is 7.05. The summed E-state index contributed by atoms with van der Waals surface area (Å²) in [6.45, 7) is 8.44. The van der Waals surface area contributed by atoms with Crippen LogP contribution in [0.3, 0.4) is 0 Å². The normalized spacial score (nSPS) is 14.6. The largest absolute Gasteiger partial charge is 0.336 e. The van der Waals surface area contributed by atoms with Crippen LogP contribution in [0.25, 0.3) is 10.2 Å². The smallest absolute Gasteiger partial charge is 0.332 e. The summed E-state index contributed by atoms with van der Waals surface area (Å²) in [4.78, 5) is 40.6. The van der Waals surface area contributed by atoms with Crippen LogP contribution in [0.5, 0.6) is 0 Å². The third-order valence-electron chi connectivity index (χ3n) is 4.44. The maximum absolute atomic E-state index is 12.7. The highest BCUT2D eigenvalue weighted by molar-refractivity contribution is 7.18. The van der Waals surface area contributed by atoms with Gasteiger partial charge in [0.05, 0.1) is 11.9 Å². The number of aryl methyl sites for hydroxylation is 2. The van der Waals surface area contributed by atoms with E-state index in [0.29, 0.717) is 38.1 Å². The molecule has 0 saturated carbocycles. The third-order valence-corrected chi connectivity index (χ3v) is 5.74. The maximum atomic E-state index is 12.7. The Labute approximate surface area is 143 Å². The molecule has 24 heavy (non-hydrogen) atoms. The monoisotopic (exact) mass is 350 g/mol. The van der Waals surface area contributed by atoms with Crippen molar-refractivity contribution in [3.8, 4) is 0 Å². The molecule has 8 heteroatoms. The van der Waals surface area contributed by atoms with Crippen molar-refractivity contribution < 1.29 is 4.79 Å². The van der Waals surface area contributed by atoms with Gasteiger partial charge >= 0.3 is 11.7 Å². The predicted octanol–water partition coefficient (Wildman–Crippen LogP) is 1.49. The minimum atomic E-state index is -0.247. The highest BCUT2D eigenvalue weighted by Crippen LogP contribution is 2.29. The number of thiophene rings is 1. The van der Waals surface area contributed by atoms with E-state index >= 15 is 0 Å². The van der Waals surface area contributed by atoms with Crippen LogP contribution in [-0.2, 0) is 19.6 Å². The number of carbonyl (C=O) groups excluding carboxylic acids is 1. The molecule has 2 aromatic heterocycles. The van der Waals surface area contributed by atoms with Crippen molar-refractivity contribution in [1.82, 2.24) is 19.4 Å². The number of nitrogens with one attached hydrogen (secondary N) is 1. The summed E-state index contributed by atoms with van der Waals surface area (Å²) < 4.78 is 3.00. The lowest BCUT2D eigenvalue weighted by molar-refractivity contribution is 0.216. The van der Waals surface area contributed by atoms with Gasteiger partial charge in [-0.3, -0.25) is 13.9 Å². The molecule has 7 nitrogen and oxygen atoms in total. The highest BCUT2D eigenvalue weighted by Gasteiger charge is 2.24. The van der Waals surface area contributed by atoms with Crippen LogP contribution in [-0.4, -0.2) is 33.2 Å². The van der Waals surface area contributed by atoms with Crippen molar-refractivity contribution >= 4 is 27.6 Å². The molecule has 1 saturated heterocycles. The fourth-order valence-corrected chi connectivity index (χ4v) is 4.46. The van der Waals surface area contributed by atoms with Gasteiger partial charge in [0.15, 0.2) is 0 Å². The molecule has 0 aliphatic carbocycles. The number of aromatic nitrogens is 2. The van der Waals surface area contributed by atoms with Gasteiger partial charge in [-0.2, -0.15) is 0 Å². The molecule has 0 bridgehead atoms. The molecule has 1 aliphatic heterocycles. The SMILES string of the molecule is CCCn1c(=O)n(CC)c(=O)c2c(C)c(CN3CCNC3=O)sc21. The first kappa shape index (κ1) is 16.8. The second kappa shape index (κ2) is 6.43. The number of fused-ring (bicyclic) bond motifs is 1. The number of rotatable bonds is 5. The Kier molecular flexibility index (Phi) is 4.49. The van der Waals surface area contributed by atoms with Gasteiger partial charge in [-0.05, 0) is 25.8 Å². The summed E-state index contributed by atoms with van der Waals surface area (Å²) in [7, 11) is 0. The molecule has 130 valence electrons. The lowest BCUT2D eigenvalue weighted by atomic mass is 10.2. The molecule has 2 amide bonds. The first-order valence-corrected chi connectivity index (χ1v) is 9.09. The first-order chi connectivity index (χ1) is 11.5. The molecule has 3 rings (SSSR count). The summed E-state index contributed by atoms with van der Waals surface area (Å²) >= 11 is 1.45. The quantitative estimate of drug-likeness (QED) is 0.887. The Morgan fingerprint density at radius 3 is 2.50 bits per heavy atom. The van der Waals surface area contributed by atoms with Crippen molar-refractivity contribution in [2.24, 2.45) is 0 Å². The molecule has 3 heterocycles. The van der Waals surface area contributed by atoms with Gasteiger partial charge in [-0.1, -0.05) is 6.92 Å². The van der Waals surface area contributed by atoms with Gasteiger partial charge < -0.3 is 10.2 Å². The maximum Gasteiger partial charge on any atom is 0.332 e. The van der Waals surface area contributed by atoms with Crippen LogP contribution in [0.15, 0.2) is 9.59 Å². The van der Waals surface area contributed by atoms with E-state index in [9.17, 15) is 14.4 Å². The molecule has 1 aliphatic rings. The van der Waals surface area contributed by atoms with Gasteiger partial charge in [-0.15, -0.1) is 11.3 Å². The number of hydrogen-bond acceptors (Lipinski definition) is 4. The lowest BCUT2D eigenvalue weighted by Gasteiger charge is -2.12. The van der Waals surface area contributed by atoms with Gasteiger partial charge in [-0.25, -0.2) is 9.59 Å². The van der Waals surface area contributed by atoms with E-state index in [-0.39, 0.29) is 17.3 Å². The van der Waals surface area contributed by atoms with Crippen LogP contribution >= 0.6 is 11.3 Å². The summed E-state index contributed by atoms with van der Waals surface area (Å²) in [6.07, 6.45) is 0.817. The summed E-state index contributed by atoms with van der Waals surface area (Å²) in [5, 5.41) is 3.40. The summed E-state index contributed by atoms with van der Waals surface area (Å²) in [5.41, 5.74) is 0.408. The predicted molar refractivity (Wildman–Crippen MR) is 94.9 cm³/mol. The van der Waals surface area contributed by atoms with Crippen LogP contribution in [0.2, 0.25) is 0 Å². The standard InChI is InChI=1S/C16H22N4O3S/c1-4-7-20-14-12(13(21)19(5-2)16(20)23)10(3)11(24-14)9-18-8-6-17-15(18)22/h4-9H2,1-3H3,(H,17,22). The molecule has 0 atom stereocenters. The topological polar surface area (TPSA) is 76.3 Å².